The Morgan fingerprint density at radius 3 is 2.62 bits per heavy atom. The summed E-state index contributed by atoms with van der Waals surface area (Å²) in [5, 5.41) is 0. The molecule has 1 rings (SSSR count). The quantitative estimate of drug-likeness (QED) is 0.776. The third-order valence-corrected chi connectivity index (χ3v) is 1.76. The minimum Gasteiger partial charge on any atom is -0.452 e. The number of hydrogen-bond donors (Lipinski definition) is 0. The number of hydrogen-bond acceptors (Lipinski definition) is 2. The van der Waals surface area contributed by atoms with Gasteiger partial charge in [-0.15, -0.1) is 0 Å². The number of rotatable bonds is 3. The molecule has 0 bridgehead atoms. The lowest BCUT2D eigenvalue weighted by Crippen LogP contribution is -2.19. The largest absolute Gasteiger partial charge is 0.452 e. The summed E-state index contributed by atoms with van der Waals surface area (Å²) in [7, 11) is 0. The molecule has 2 nitrogen and oxygen atoms in total. The molecular formula is C7H5BrF3NO. The van der Waals surface area contributed by atoms with E-state index in [-0.39, 0.29) is 10.4 Å². The number of halogens is 4. The van der Waals surface area contributed by atoms with Crippen molar-refractivity contribution in [2.24, 2.45) is 0 Å². The first kappa shape index (κ1) is 10.3. The maximum absolute atomic E-state index is 12.4. The second-order valence-corrected chi connectivity index (χ2v) is 2.85. The lowest BCUT2D eigenvalue weighted by molar-refractivity contribution is -0.0674. The first-order valence-electron chi connectivity index (χ1n) is 3.30. The average molecular weight is 256 g/mol. The van der Waals surface area contributed by atoms with Crippen LogP contribution in [0, 0.1) is 0 Å². The SMILES string of the molecule is FC(F)C(F)Oc1cccnc1Br. The highest BCUT2D eigenvalue weighted by molar-refractivity contribution is 9.10. The molecule has 1 atom stereocenters. The average Bonchev–Trinajstić information content (AvgIpc) is 2.08. The van der Waals surface area contributed by atoms with Crippen LogP contribution >= 0.6 is 15.9 Å². The van der Waals surface area contributed by atoms with Crippen LogP contribution < -0.4 is 4.74 Å². The monoisotopic (exact) mass is 255 g/mol. The normalized spacial score (nSPS) is 13.0. The van der Waals surface area contributed by atoms with Crippen molar-refractivity contribution < 1.29 is 17.9 Å². The predicted octanol–water partition coefficient (Wildman–Crippen LogP) is 2.78. The molecular weight excluding hydrogens is 251 g/mol. The van der Waals surface area contributed by atoms with Crippen LogP contribution in [0.1, 0.15) is 0 Å². The molecule has 0 saturated heterocycles. The molecule has 0 amide bonds. The van der Waals surface area contributed by atoms with Gasteiger partial charge in [0.1, 0.15) is 4.60 Å². The lowest BCUT2D eigenvalue weighted by Gasteiger charge is -2.10. The van der Waals surface area contributed by atoms with E-state index in [2.05, 4.69) is 25.7 Å². The predicted molar refractivity (Wildman–Crippen MR) is 43.5 cm³/mol. The molecule has 0 N–H and O–H groups in total. The fraction of sp³-hybridized carbons (Fsp3) is 0.286. The van der Waals surface area contributed by atoms with Gasteiger partial charge in [0.05, 0.1) is 0 Å². The highest BCUT2D eigenvalue weighted by atomic mass is 79.9. The smallest absolute Gasteiger partial charge is 0.304 e. The molecule has 0 aliphatic carbocycles. The van der Waals surface area contributed by atoms with Gasteiger partial charge in [0, 0.05) is 6.20 Å². The highest BCUT2D eigenvalue weighted by Gasteiger charge is 2.21. The standard InChI is InChI=1S/C7H5BrF3NO/c8-5-4(2-1-3-12-5)13-7(11)6(9)10/h1-3,6-7H. The van der Waals surface area contributed by atoms with Crippen molar-refractivity contribution in [3.63, 3.8) is 0 Å². The van der Waals surface area contributed by atoms with Gasteiger partial charge in [-0.1, -0.05) is 0 Å². The molecule has 6 heteroatoms. The Morgan fingerprint density at radius 1 is 1.38 bits per heavy atom. The van der Waals surface area contributed by atoms with E-state index in [4.69, 9.17) is 0 Å². The third kappa shape index (κ3) is 2.87. The molecule has 0 aromatic carbocycles. The van der Waals surface area contributed by atoms with Crippen molar-refractivity contribution in [1.29, 1.82) is 0 Å². The molecule has 0 aliphatic heterocycles. The van der Waals surface area contributed by atoms with Gasteiger partial charge in [0.2, 0.25) is 0 Å². The lowest BCUT2D eigenvalue weighted by atomic mass is 10.5. The van der Waals surface area contributed by atoms with Gasteiger partial charge in [-0.05, 0) is 28.1 Å². The van der Waals surface area contributed by atoms with Gasteiger partial charge < -0.3 is 4.74 Å². The van der Waals surface area contributed by atoms with Crippen LogP contribution in [0.25, 0.3) is 0 Å². The molecule has 1 unspecified atom stereocenters. The molecule has 0 spiro atoms. The fourth-order valence-corrected chi connectivity index (χ4v) is 0.976. The summed E-state index contributed by atoms with van der Waals surface area (Å²) in [5.41, 5.74) is 0. The minimum absolute atomic E-state index is 0.0460. The summed E-state index contributed by atoms with van der Waals surface area (Å²) < 4.78 is 40.3. The number of nitrogens with zero attached hydrogens (tertiary/aromatic N) is 1. The van der Waals surface area contributed by atoms with E-state index in [1.54, 1.807) is 0 Å². The van der Waals surface area contributed by atoms with E-state index >= 15 is 0 Å². The van der Waals surface area contributed by atoms with Crippen LogP contribution in [0.4, 0.5) is 13.2 Å². The zero-order chi connectivity index (χ0) is 9.84. The van der Waals surface area contributed by atoms with Crippen LogP contribution in [0.2, 0.25) is 0 Å². The Bertz CT molecular complexity index is 284. The molecule has 0 radical (unpaired) electrons. The summed E-state index contributed by atoms with van der Waals surface area (Å²) >= 11 is 2.93. The Labute approximate surface area is 80.9 Å². The van der Waals surface area contributed by atoms with Gasteiger partial charge in [-0.2, -0.15) is 4.39 Å². The van der Waals surface area contributed by atoms with Crippen molar-refractivity contribution in [3.8, 4) is 5.75 Å². The van der Waals surface area contributed by atoms with Gasteiger partial charge >= 0.3 is 6.43 Å². The van der Waals surface area contributed by atoms with Crippen LogP contribution in [-0.2, 0) is 0 Å². The maximum atomic E-state index is 12.4. The summed E-state index contributed by atoms with van der Waals surface area (Å²) in [6.45, 7) is 0. The van der Waals surface area contributed by atoms with E-state index in [1.165, 1.54) is 18.3 Å². The molecule has 0 fully saturated rings. The zero-order valence-corrected chi connectivity index (χ0v) is 7.84. The van der Waals surface area contributed by atoms with Gasteiger partial charge in [-0.3, -0.25) is 0 Å². The van der Waals surface area contributed by atoms with E-state index in [1.807, 2.05) is 0 Å². The van der Waals surface area contributed by atoms with Crippen molar-refractivity contribution in [2.75, 3.05) is 0 Å². The number of aromatic nitrogens is 1. The molecule has 13 heavy (non-hydrogen) atoms. The third-order valence-electron chi connectivity index (χ3n) is 1.16. The molecule has 1 aromatic rings. The number of alkyl halides is 3. The van der Waals surface area contributed by atoms with Crippen LogP contribution in [0.3, 0.4) is 0 Å². The molecule has 72 valence electrons. The second-order valence-electron chi connectivity index (χ2n) is 2.10. The minimum atomic E-state index is -3.16. The van der Waals surface area contributed by atoms with Crippen LogP contribution in [-0.4, -0.2) is 17.8 Å². The fourth-order valence-electron chi connectivity index (χ4n) is 0.632. The van der Waals surface area contributed by atoms with E-state index in [0.717, 1.165) is 0 Å². The first-order valence-corrected chi connectivity index (χ1v) is 4.10. The van der Waals surface area contributed by atoms with Crippen molar-refractivity contribution >= 4 is 15.9 Å². The Balaban J connectivity index is 2.69. The Kier molecular flexibility index (Phi) is 3.53. The number of pyridine rings is 1. The Morgan fingerprint density at radius 2 is 2.08 bits per heavy atom. The van der Waals surface area contributed by atoms with Crippen molar-refractivity contribution in [3.05, 3.63) is 22.9 Å². The van der Waals surface area contributed by atoms with E-state index in [0.29, 0.717) is 0 Å². The van der Waals surface area contributed by atoms with E-state index in [9.17, 15) is 13.2 Å². The first-order chi connectivity index (χ1) is 6.11. The van der Waals surface area contributed by atoms with Gasteiger partial charge in [0.25, 0.3) is 6.36 Å². The zero-order valence-electron chi connectivity index (χ0n) is 6.25. The second kappa shape index (κ2) is 4.45. The highest BCUT2D eigenvalue weighted by Crippen LogP contribution is 2.23. The number of ether oxygens (including phenoxy) is 1. The topological polar surface area (TPSA) is 22.1 Å². The summed E-state index contributed by atoms with van der Waals surface area (Å²) in [6, 6.07) is 2.80. The summed E-state index contributed by atoms with van der Waals surface area (Å²) in [6.07, 6.45) is -4.36. The molecule has 1 heterocycles. The van der Waals surface area contributed by atoms with Crippen LogP contribution in [0.5, 0.6) is 5.75 Å². The summed E-state index contributed by atoms with van der Waals surface area (Å²) in [5.74, 6) is -0.0460. The van der Waals surface area contributed by atoms with Crippen molar-refractivity contribution in [1.82, 2.24) is 4.98 Å². The van der Waals surface area contributed by atoms with Gasteiger partial charge in [0.15, 0.2) is 5.75 Å². The van der Waals surface area contributed by atoms with Gasteiger partial charge in [-0.25, -0.2) is 13.8 Å². The van der Waals surface area contributed by atoms with Crippen LogP contribution in [0.15, 0.2) is 22.9 Å². The Hall–Kier alpha value is -0.780. The summed E-state index contributed by atoms with van der Waals surface area (Å²) in [4.78, 5) is 3.67. The van der Waals surface area contributed by atoms with E-state index < -0.39 is 12.8 Å². The molecule has 1 aromatic heterocycles. The molecule has 0 saturated carbocycles. The molecule has 0 aliphatic rings. The van der Waals surface area contributed by atoms with Crippen molar-refractivity contribution in [2.45, 2.75) is 12.8 Å². The maximum Gasteiger partial charge on any atom is 0.304 e.